The zero-order chi connectivity index (χ0) is 32.7. The molecule has 16 heteroatoms. The molecule has 0 aromatic carbocycles. The van der Waals surface area contributed by atoms with Crippen LogP contribution in [0.4, 0.5) is 23.6 Å². The van der Waals surface area contributed by atoms with E-state index in [1.807, 2.05) is 13.8 Å². The van der Waals surface area contributed by atoms with Crippen molar-refractivity contribution in [1.82, 2.24) is 25.5 Å². The number of rotatable bonds is 8. The normalized spacial score (nSPS) is 23.2. The summed E-state index contributed by atoms with van der Waals surface area (Å²) >= 11 is 0. The highest BCUT2D eigenvalue weighted by molar-refractivity contribution is 6.11. The average Bonchev–Trinajstić information content (AvgIpc) is 3.58. The molecule has 5 N–H and O–H groups in total. The van der Waals surface area contributed by atoms with Crippen LogP contribution in [0.3, 0.4) is 0 Å². The third-order valence-electron chi connectivity index (χ3n) is 8.42. The first-order chi connectivity index (χ1) is 21.2. The fraction of sp³-hybridized carbons (Fsp3) is 0.552. The highest BCUT2D eigenvalue weighted by Crippen LogP contribution is 2.50. The maximum absolute atomic E-state index is 14.2. The lowest BCUT2D eigenvalue weighted by molar-refractivity contribution is -0.153. The van der Waals surface area contributed by atoms with Gasteiger partial charge in [-0.3, -0.25) is 9.59 Å². The molecule has 0 bridgehead atoms. The van der Waals surface area contributed by atoms with Crippen molar-refractivity contribution in [2.75, 3.05) is 31.6 Å². The maximum atomic E-state index is 14.2. The molecule has 3 atom stereocenters. The third-order valence-corrected chi connectivity index (χ3v) is 8.42. The number of alkyl halides is 3. The molecule has 45 heavy (non-hydrogen) atoms. The summed E-state index contributed by atoms with van der Waals surface area (Å²) in [6, 6.07) is 1.14. The largest absolute Gasteiger partial charge is 0.481 e. The summed E-state index contributed by atoms with van der Waals surface area (Å²) in [5.41, 5.74) is 4.28. The van der Waals surface area contributed by atoms with Gasteiger partial charge in [0.1, 0.15) is 5.69 Å². The van der Waals surface area contributed by atoms with Crippen molar-refractivity contribution in [3.8, 4) is 5.88 Å². The zero-order valence-corrected chi connectivity index (χ0v) is 25.1. The quantitative estimate of drug-likeness (QED) is 0.194. The van der Waals surface area contributed by atoms with Crippen molar-refractivity contribution in [2.24, 2.45) is 11.7 Å². The number of ether oxygens (including phenoxy) is 1. The van der Waals surface area contributed by atoms with Gasteiger partial charge >= 0.3 is 6.18 Å². The second-order valence-corrected chi connectivity index (χ2v) is 12.0. The molecule has 4 heterocycles. The van der Waals surface area contributed by atoms with Crippen LogP contribution in [-0.2, 0) is 22.3 Å². The second-order valence-electron chi connectivity index (χ2n) is 12.0. The smallest absolute Gasteiger partial charge is 0.451 e. The second kappa shape index (κ2) is 12.3. The number of nitrogens with zero attached hydrogens (tertiary/aromatic N) is 4. The number of halogens is 4. The summed E-state index contributed by atoms with van der Waals surface area (Å²) in [7, 11) is 1.35. The van der Waals surface area contributed by atoms with Crippen molar-refractivity contribution in [3.63, 3.8) is 0 Å². The summed E-state index contributed by atoms with van der Waals surface area (Å²) in [6.07, 6.45) is -1.01. The lowest BCUT2D eigenvalue weighted by Gasteiger charge is -2.39. The lowest BCUT2D eigenvalue weighted by Crippen LogP contribution is -2.54. The van der Waals surface area contributed by atoms with Crippen LogP contribution in [0.5, 0.6) is 5.88 Å². The van der Waals surface area contributed by atoms with E-state index in [2.05, 4.69) is 20.6 Å². The van der Waals surface area contributed by atoms with Crippen LogP contribution in [-0.4, -0.2) is 76.8 Å². The van der Waals surface area contributed by atoms with Gasteiger partial charge in [-0.05, 0) is 45.6 Å². The van der Waals surface area contributed by atoms with E-state index in [-0.39, 0.29) is 53.9 Å². The first-order valence-corrected chi connectivity index (χ1v) is 14.6. The molecule has 2 saturated heterocycles. The highest BCUT2D eigenvalue weighted by Gasteiger charge is 2.54. The van der Waals surface area contributed by atoms with Gasteiger partial charge in [-0.2, -0.15) is 18.2 Å². The Labute approximate surface area is 256 Å². The van der Waals surface area contributed by atoms with Crippen molar-refractivity contribution >= 4 is 23.5 Å². The van der Waals surface area contributed by atoms with Crippen LogP contribution in [0, 0.1) is 17.1 Å². The van der Waals surface area contributed by atoms with Gasteiger partial charge in [0.2, 0.25) is 17.5 Å². The number of nitrogens with one attached hydrogen (secondary N) is 3. The molecule has 2 amide bonds. The summed E-state index contributed by atoms with van der Waals surface area (Å²) in [5, 5.41) is 14.1. The number of allylic oxidation sites excluding steroid dienone is 1. The predicted molar refractivity (Wildman–Crippen MR) is 154 cm³/mol. The number of hydrogen-bond donors (Lipinski definition) is 4. The molecular formula is C29H36F4N8O4. The van der Waals surface area contributed by atoms with E-state index in [9.17, 15) is 27.2 Å². The van der Waals surface area contributed by atoms with E-state index in [1.165, 1.54) is 13.2 Å². The number of anilines is 1. The fourth-order valence-electron chi connectivity index (χ4n) is 6.15. The Hall–Kier alpha value is -4.21. The number of oxazole rings is 1. The van der Waals surface area contributed by atoms with Gasteiger partial charge in [0.25, 0.3) is 11.9 Å². The van der Waals surface area contributed by atoms with Crippen molar-refractivity contribution in [1.29, 1.82) is 5.41 Å². The van der Waals surface area contributed by atoms with Crippen molar-refractivity contribution in [3.05, 3.63) is 46.9 Å². The monoisotopic (exact) mass is 636 g/mol. The van der Waals surface area contributed by atoms with Gasteiger partial charge in [0.15, 0.2) is 5.82 Å². The molecule has 244 valence electrons. The fourth-order valence-corrected chi connectivity index (χ4v) is 6.15. The minimum absolute atomic E-state index is 0.0251. The Bertz CT molecular complexity index is 1500. The van der Waals surface area contributed by atoms with E-state index in [0.717, 1.165) is 12.3 Å². The zero-order valence-electron chi connectivity index (χ0n) is 25.1. The number of carbonyl (C=O) groups is 2. The number of pyridine rings is 1. The maximum Gasteiger partial charge on any atom is 0.451 e. The molecule has 12 nitrogen and oxygen atoms in total. The number of piperazine rings is 1. The van der Waals surface area contributed by atoms with Crippen LogP contribution in [0.2, 0.25) is 0 Å². The van der Waals surface area contributed by atoms with Crippen LogP contribution < -0.4 is 26.0 Å². The number of carbonyl (C=O) groups excluding carboxylic acids is 2. The van der Waals surface area contributed by atoms with E-state index in [0.29, 0.717) is 32.4 Å². The van der Waals surface area contributed by atoms with Crippen LogP contribution in [0.25, 0.3) is 0 Å². The number of likely N-dealkylation sites (tertiary alicyclic amines) is 1. The first-order valence-electron chi connectivity index (χ1n) is 14.6. The van der Waals surface area contributed by atoms with E-state index in [4.69, 9.17) is 20.3 Å². The number of aromatic nitrogens is 2. The minimum atomic E-state index is -4.79. The van der Waals surface area contributed by atoms with E-state index >= 15 is 0 Å². The van der Waals surface area contributed by atoms with E-state index in [1.54, 1.807) is 9.80 Å². The topological polar surface area (TPSA) is 163 Å². The molecule has 3 aliphatic rings. The summed E-state index contributed by atoms with van der Waals surface area (Å²) in [5.74, 6) is -3.46. The molecule has 1 spiro atoms. The third kappa shape index (κ3) is 6.89. The summed E-state index contributed by atoms with van der Waals surface area (Å²) < 4.78 is 65.8. The van der Waals surface area contributed by atoms with Crippen molar-refractivity contribution in [2.45, 2.75) is 69.9 Å². The predicted octanol–water partition coefficient (Wildman–Crippen LogP) is 2.72. The first kappa shape index (κ1) is 32.2. The Morgan fingerprint density at radius 2 is 1.98 bits per heavy atom. The Balaban J connectivity index is 1.23. The molecule has 3 fully saturated rings. The molecule has 2 aliphatic heterocycles. The van der Waals surface area contributed by atoms with Gasteiger partial charge in [0.05, 0.1) is 31.3 Å². The van der Waals surface area contributed by atoms with Gasteiger partial charge in [-0.25, -0.2) is 9.37 Å². The molecule has 2 aromatic heterocycles. The van der Waals surface area contributed by atoms with Crippen LogP contribution >= 0.6 is 0 Å². The molecule has 2 aromatic rings. The van der Waals surface area contributed by atoms with Crippen molar-refractivity contribution < 1.29 is 36.3 Å². The molecule has 5 rings (SSSR count). The van der Waals surface area contributed by atoms with E-state index < -0.39 is 53.3 Å². The Kier molecular flexibility index (Phi) is 8.79. The van der Waals surface area contributed by atoms with Gasteiger partial charge < -0.3 is 40.7 Å². The standard InChI is InChI=1S/C29H36F4N8O4/c1-15-13-40(14-16(2)38-15)27-39-22(24(45-27)29(31,32)33)12-37-25(42)17-4-7-41(28(10-17)5-6-28)26(43)21(35)9-20(34)18-8-23(44-3)36-11-19(18)30/h8-9,11,15-17,34,38H,4-7,10,12-14,35H2,1-3H3,(H,37,42)/t15-,16+,17-/m0/s1. The molecule has 0 radical (unpaired) electrons. The molecule has 1 aliphatic carbocycles. The van der Waals surface area contributed by atoms with Gasteiger partial charge in [0, 0.05) is 54.8 Å². The number of piperidine rings is 1. The van der Waals surface area contributed by atoms with Gasteiger partial charge in [-0.1, -0.05) is 0 Å². The Morgan fingerprint density at radius 1 is 1.29 bits per heavy atom. The minimum Gasteiger partial charge on any atom is -0.481 e. The number of nitrogens with two attached hydrogens (primary N) is 1. The highest BCUT2D eigenvalue weighted by atomic mass is 19.4. The number of methoxy groups -OCH3 is 1. The summed E-state index contributed by atoms with van der Waals surface area (Å²) in [4.78, 5) is 37.5. The summed E-state index contributed by atoms with van der Waals surface area (Å²) in [6.45, 7) is 4.39. The van der Waals surface area contributed by atoms with Gasteiger partial charge in [-0.15, -0.1) is 0 Å². The van der Waals surface area contributed by atoms with Crippen LogP contribution in [0.15, 0.2) is 28.5 Å². The average molecular weight is 637 g/mol. The molecule has 1 saturated carbocycles. The Morgan fingerprint density at radius 3 is 2.60 bits per heavy atom. The number of hydrogen-bond acceptors (Lipinski definition) is 10. The molecule has 0 unspecified atom stereocenters. The lowest BCUT2D eigenvalue weighted by atomic mass is 9.88. The SMILES string of the molecule is COc1cc(C(=N)C=C(N)C(=O)N2CC[C@H](C(=O)NCc3nc(N4C[C@@H](C)N[C@@H](C)C4)oc3C(F)(F)F)CC23CC3)c(F)cn1. The van der Waals surface area contributed by atoms with Crippen LogP contribution in [0.1, 0.15) is 56.5 Å². The molecular weight excluding hydrogens is 600 g/mol. The number of amides is 2.